The summed E-state index contributed by atoms with van der Waals surface area (Å²) in [5.41, 5.74) is 1.61. The summed E-state index contributed by atoms with van der Waals surface area (Å²) in [5.74, 6) is 0.717. The van der Waals surface area contributed by atoms with Gasteiger partial charge in [0, 0.05) is 17.1 Å². The van der Waals surface area contributed by atoms with Gasteiger partial charge in [0.1, 0.15) is 28.2 Å². The van der Waals surface area contributed by atoms with Crippen molar-refractivity contribution in [1.29, 1.82) is 0 Å². The molecule has 0 N–H and O–H groups in total. The molecule has 2 heterocycles. The molecule has 3 nitrogen and oxygen atoms in total. The van der Waals surface area contributed by atoms with Gasteiger partial charge in [0.25, 0.3) is 0 Å². The van der Waals surface area contributed by atoms with Crippen LogP contribution in [0.5, 0.6) is 5.75 Å². The van der Waals surface area contributed by atoms with E-state index in [0.717, 1.165) is 16.5 Å². The van der Waals surface area contributed by atoms with E-state index in [0.29, 0.717) is 22.7 Å². The predicted octanol–water partition coefficient (Wildman–Crippen LogP) is 4.52. The van der Waals surface area contributed by atoms with Crippen LogP contribution in [-0.4, -0.2) is 9.97 Å². The van der Waals surface area contributed by atoms with Crippen LogP contribution in [0.3, 0.4) is 0 Å². The molecule has 5 heteroatoms. The van der Waals surface area contributed by atoms with Crippen LogP contribution >= 0.6 is 23.2 Å². The zero-order valence-corrected chi connectivity index (χ0v) is 11.9. The van der Waals surface area contributed by atoms with Crippen LogP contribution in [0, 0.1) is 0 Å². The van der Waals surface area contributed by atoms with Gasteiger partial charge in [-0.15, -0.1) is 0 Å². The topological polar surface area (TPSA) is 35.0 Å². The number of para-hydroxylation sites is 1. The normalized spacial score (nSPS) is 10.7. The van der Waals surface area contributed by atoms with E-state index in [1.807, 2.05) is 30.3 Å². The first kappa shape index (κ1) is 13.2. The molecule has 0 amide bonds. The van der Waals surface area contributed by atoms with Crippen molar-refractivity contribution < 1.29 is 4.74 Å². The summed E-state index contributed by atoms with van der Waals surface area (Å²) < 4.78 is 5.80. The quantitative estimate of drug-likeness (QED) is 0.668. The van der Waals surface area contributed by atoms with Crippen molar-refractivity contribution in [1.82, 2.24) is 9.97 Å². The maximum Gasteiger partial charge on any atom is 0.146 e. The second-order valence-electron chi connectivity index (χ2n) is 4.20. The minimum absolute atomic E-state index is 0.318. The number of ether oxygens (including phenoxy) is 1. The van der Waals surface area contributed by atoms with E-state index < -0.39 is 0 Å². The van der Waals surface area contributed by atoms with E-state index in [2.05, 4.69) is 9.97 Å². The van der Waals surface area contributed by atoms with Gasteiger partial charge in [0.2, 0.25) is 0 Å². The second-order valence-corrected chi connectivity index (χ2v) is 4.95. The van der Waals surface area contributed by atoms with Crippen molar-refractivity contribution in [3.63, 3.8) is 0 Å². The average Bonchev–Trinajstić information content (AvgIpc) is 2.46. The van der Waals surface area contributed by atoms with Crippen molar-refractivity contribution >= 4 is 34.1 Å². The fraction of sp³-hybridized carbons (Fsp3) is 0.0667. The lowest BCUT2D eigenvalue weighted by molar-refractivity contribution is 0.309. The molecule has 0 saturated carbocycles. The molecule has 3 aromatic rings. The molecular weight excluding hydrogens is 295 g/mol. The highest BCUT2D eigenvalue weighted by molar-refractivity contribution is 6.32. The van der Waals surface area contributed by atoms with E-state index in [1.54, 1.807) is 18.3 Å². The van der Waals surface area contributed by atoms with Gasteiger partial charge >= 0.3 is 0 Å². The number of pyridine rings is 2. The lowest BCUT2D eigenvalue weighted by atomic mass is 10.2. The summed E-state index contributed by atoms with van der Waals surface area (Å²) in [5, 5.41) is 1.75. The Morgan fingerprint density at radius 1 is 1.00 bits per heavy atom. The smallest absolute Gasteiger partial charge is 0.146 e. The molecule has 0 unspecified atom stereocenters. The van der Waals surface area contributed by atoms with Crippen LogP contribution < -0.4 is 4.74 Å². The fourth-order valence-electron chi connectivity index (χ4n) is 1.90. The number of hydrogen-bond acceptors (Lipinski definition) is 3. The monoisotopic (exact) mass is 304 g/mol. The summed E-state index contributed by atoms with van der Waals surface area (Å²) >= 11 is 11.8. The number of benzene rings is 1. The Labute approximate surface area is 126 Å². The molecule has 0 radical (unpaired) electrons. The molecule has 0 fully saturated rings. The molecular formula is C15H10Cl2N2O. The lowest BCUT2D eigenvalue weighted by Gasteiger charge is -2.09. The number of nitrogens with zero attached hydrogens (tertiary/aromatic N) is 2. The molecule has 3 rings (SSSR count). The Balaban J connectivity index is 1.87. The van der Waals surface area contributed by atoms with Crippen LogP contribution in [0.1, 0.15) is 5.56 Å². The summed E-state index contributed by atoms with van der Waals surface area (Å²) in [6.07, 6.45) is 1.74. The van der Waals surface area contributed by atoms with Crippen LogP contribution in [0.25, 0.3) is 10.9 Å². The molecule has 0 aliphatic heterocycles. The van der Waals surface area contributed by atoms with Gasteiger partial charge in [0.05, 0.1) is 0 Å². The molecule has 2 aromatic heterocycles. The number of rotatable bonds is 3. The standard InChI is InChI=1S/C15H10Cl2N2O/c16-13-7-6-11(15(17)19-13)9-20-12-5-1-3-10-4-2-8-18-14(10)12/h1-8H,9H2. The SMILES string of the molecule is Clc1ccc(COc2cccc3cccnc23)c(Cl)n1. The second kappa shape index (κ2) is 5.65. The molecule has 20 heavy (non-hydrogen) atoms. The molecule has 0 saturated heterocycles. The zero-order valence-electron chi connectivity index (χ0n) is 10.4. The average molecular weight is 305 g/mol. The Hall–Kier alpha value is -1.84. The Kier molecular flexibility index (Phi) is 3.72. The largest absolute Gasteiger partial charge is 0.487 e. The summed E-state index contributed by atoms with van der Waals surface area (Å²) in [7, 11) is 0. The van der Waals surface area contributed by atoms with Crippen molar-refractivity contribution in [3.8, 4) is 5.75 Å². The number of hydrogen-bond donors (Lipinski definition) is 0. The highest BCUT2D eigenvalue weighted by Crippen LogP contribution is 2.25. The molecule has 1 aromatic carbocycles. The zero-order chi connectivity index (χ0) is 13.9. The molecule has 0 spiro atoms. The van der Waals surface area contributed by atoms with Crippen molar-refractivity contribution in [3.05, 3.63) is 64.5 Å². The van der Waals surface area contributed by atoms with Gasteiger partial charge in [-0.25, -0.2) is 4.98 Å². The minimum atomic E-state index is 0.318. The van der Waals surface area contributed by atoms with E-state index >= 15 is 0 Å². The van der Waals surface area contributed by atoms with Crippen molar-refractivity contribution in [2.75, 3.05) is 0 Å². The Bertz CT molecular complexity index is 756. The van der Waals surface area contributed by atoms with Crippen LogP contribution in [0.15, 0.2) is 48.7 Å². The van der Waals surface area contributed by atoms with Gasteiger partial charge in [-0.05, 0) is 24.3 Å². The molecule has 100 valence electrons. The van der Waals surface area contributed by atoms with E-state index in [-0.39, 0.29) is 0 Å². The summed E-state index contributed by atoms with van der Waals surface area (Å²) in [6.45, 7) is 0.318. The molecule has 0 aliphatic rings. The first-order valence-corrected chi connectivity index (χ1v) is 6.77. The van der Waals surface area contributed by atoms with Crippen LogP contribution in [-0.2, 0) is 6.61 Å². The Morgan fingerprint density at radius 3 is 2.70 bits per heavy atom. The minimum Gasteiger partial charge on any atom is -0.487 e. The van der Waals surface area contributed by atoms with Gasteiger partial charge in [-0.2, -0.15) is 0 Å². The first-order chi connectivity index (χ1) is 9.74. The van der Waals surface area contributed by atoms with Crippen molar-refractivity contribution in [2.24, 2.45) is 0 Å². The van der Waals surface area contributed by atoms with Gasteiger partial charge in [-0.3, -0.25) is 4.98 Å². The first-order valence-electron chi connectivity index (χ1n) is 6.01. The predicted molar refractivity (Wildman–Crippen MR) is 80.3 cm³/mol. The number of aromatic nitrogens is 2. The van der Waals surface area contributed by atoms with Gasteiger partial charge in [0.15, 0.2) is 0 Å². The summed E-state index contributed by atoms with van der Waals surface area (Å²) in [4.78, 5) is 8.32. The van der Waals surface area contributed by atoms with E-state index in [1.165, 1.54) is 0 Å². The highest BCUT2D eigenvalue weighted by Gasteiger charge is 2.06. The third-order valence-corrected chi connectivity index (χ3v) is 3.41. The van der Waals surface area contributed by atoms with Crippen LogP contribution in [0.2, 0.25) is 10.3 Å². The third-order valence-electron chi connectivity index (χ3n) is 2.87. The lowest BCUT2D eigenvalue weighted by Crippen LogP contribution is -1.98. The highest BCUT2D eigenvalue weighted by atomic mass is 35.5. The maximum absolute atomic E-state index is 6.02. The Morgan fingerprint density at radius 2 is 1.85 bits per heavy atom. The summed E-state index contributed by atoms with van der Waals surface area (Å²) in [6, 6.07) is 13.2. The number of halogens is 2. The van der Waals surface area contributed by atoms with Crippen molar-refractivity contribution in [2.45, 2.75) is 6.61 Å². The van der Waals surface area contributed by atoms with Gasteiger partial charge in [-0.1, -0.05) is 41.4 Å². The van der Waals surface area contributed by atoms with E-state index in [4.69, 9.17) is 27.9 Å². The fourth-order valence-corrected chi connectivity index (χ4v) is 2.30. The van der Waals surface area contributed by atoms with E-state index in [9.17, 15) is 0 Å². The number of fused-ring (bicyclic) bond motifs is 1. The molecule has 0 aliphatic carbocycles. The molecule has 0 bridgehead atoms. The molecule has 0 atom stereocenters. The van der Waals surface area contributed by atoms with Gasteiger partial charge < -0.3 is 4.74 Å². The maximum atomic E-state index is 6.02. The van der Waals surface area contributed by atoms with Crippen LogP contribution in [0.4, 0.5) is 0 Å². The third kappa shape index (κ3) is 2.69.